The van der Waals surface area contributed by atoms with Gasteiger partial charge in [-0.1, -0.05) is 0 Å². The molecule has 0 spiro atoms. The number of ketones is 1. The van der Waals surface area contributed by atoms with Crippen molar-refractivity contribution in [3.05, 3.63) is 0 Å². The van der Waals surface area contributed by atoms with Gasteiger partial charge in [-0.2, -0.15) is 0 Å². The lowest BCUT2D eigenvalue weighted by Crippen LogP contribution is -2.50. The zero-order chi connectivity index (χ0) is 11.3. The van der Waals surface area contributed by atoms with Crippen molar-refractivity contribution in [1.29, 1.82) is 0 Å². The number of likely N-dealkylation sites (tertiary alicyclic amines) is 1. The molecule has 1 rings (SSSR count). The van der Waals surface area contributed by atoms with Crippen molar-refractivity contribution in [3.8, 4) is 0 Å². The summed E-state index contributed by atoms with van der Waals surface area (Å²) in [6.07, 6.45) is 1.42. The molecule has 0 bridgehead atoms. The molecule has 5 nitrogen and oxygen atoms in total. The van der Waals surface area contributed by atoms with E-state index in [1.807, 2.05) is 0 Å². The first-order valence-electron chi connectivity index (χ1n) is 5.27. The summed E-state index contributed by atoms with van der Waals surface area (Å²) in [7, 11) is 1.78. The van der Waals surface area contributed by atoms with Crippen LogP contribution in [0.15, 0.2) is 0 Å². The molecule has 2 N–H and O–H groups in total. The molecule has 0 amide bonds. The maximum absolute atomic E-state index is 11.4. The van der Waals surface area contributed by atoms with Gasteiger partial charge in [-0.25, -0.2) is 0 Å². The van der Waals surface area contributed by atoms with Crippen LogP contribution in [0.3, 0.4) is 0 Å². The van der Waals surface area contributed by atoms with E-state index in [9.17, 15) is 9.59 Å². The summed E-state index contributed by atoms with van der Waals surface area (Å²) >= 11 is 0. The Hall–Kier alpha value is -0.940. The number of carbonyl (C=O) groups excluding carboxylic acids is 1. The summed E-state index contributed by atoms with van der Waals surface area (Å²) < 4.78 is 0. The first kappa shape index (κ1) is 12.1. The number of nitrogens with one attached hydrogen (secondary N) is 1. The minimum absolute atomic E-state index is 0.0800. The van der Waals surface area contributed by atoms with E-state index in [-0.39, 0.29) is 18.2 Å². The Kier molecular flexibility index (Phi) is 4.71. The third-order valence-corrected chi connectivity index (χ3v) is 2.72. The van der Waals surface area contributed by atoms with E-state index in [1.54, 1.807) is 7.05 Å². The van der Waals surface area contributed by atoms with Gasteiger partial charge in [-0.15, -0.1) is 0 Å². The Balaban J connectivity index is 2.26. The zero-order valence-corrected chi connectivity index (χ0v) is 9.03. The normalized spacial score (nSPS) is 23.0. The van der Waals surface area contributed by atoms with Crippen LogP contribution in [0.5, 0.6) is 0 Å². The lowest BCUT2D eigenvalue weighted by atomic mass is 10.0. The van der Waals surface area contributed by atoms with Crippen molar-refractivity contribution in [3.63, 3.8) is 0 Å². The number of hydrogen-bond donors (Lipinski definition) is 2. The quantitative estimate of drug-likeness (QED) is 0.658. The molecule has 0 aromatic heterocycles. The fourth-order valence-corrected chi connectivity index (χ4v) is 1.80. The molecular formula is C10H18N2O3. The van der Waals surface area contributed by atoms with Crippen LogP contribution in [-0.4, -0.2) is 54.5 Å². The Morgan fingerprint density at radius 2 is 2.40 bits per heavy atom. The van der Waals surface area contributed by atoms with Crippen LogP contribution in [0.2, 0.25) is 0 Å². The van der Waals surface area contributed by atoms with Gasteiger partial charge >= 0.3 is 5.97 Å². The maximum Gasteiger partial charge on any atom is 0.303 e. The number of carbonyl (C=O) groups is 2. The summed E-state index contributed by atoms with van der Waals surface area (Å²) in [6, 6.07) is -0.0800. The Bertz CT molecular complexity index is 243. The van der Waals surface area contributed by atoms with Crippen LogP contribution in [-0.2, 0) is 9.59 Å². The van der Waals surface area contributed by atoms with E-state index in [2.05, 4.69) is 10.2 Å². The predicted molar refractivity (Wildman–Crippen MR) is 55.8 cm³/mol. The predicted octanol–water partition coefficient (Wildman–Crippen LogP) is -0.286. The second-order valence-electron chi connectivity index (χ2n) is 3.86. The number of Topliss-reactive ketones (excluding diaryl/α,β-unsaturated/α-hetero) is 1. The second kappa shape index (κ2) is 5.82. The molecule has 86 valence electrons. The highest BCUT2D eigenvalue weighted by Gasteiger charge is 2.25. The number of rotatable bonds is 5. The number of hydrogen-bond acceptors (Lipinski definition) is 4. The SMILES string of the molecule is CN[C@H]1CN(CCCC(=O)O)CCC1=O. The highest BCUT2D eigenvalue weighted by atomic mass is 16.4. The highest BCUT2D eigenvalue weighted by molar-refractivity contribution is 5.85. The standard InChI is InChI=1S/C10H18N2O3/c1-11-8-7-12(6-4-9(8)13)5-2-3-10(14)15/h8,11H,2-7H2,1H3,(H,14,15)/t8-/m0/s1. The van der Waals surface area contributed by atoms with E-state index in [1.165, 1.54) is 0 Å². The van der Waals surface area contributed by atoms with Gasteiger partial charge in [0, 0.05) is 25.9 Å². The van der Waals surface area contributed by atoms with E-state index in [4.69, 9.17) is 5.11 Å². The first-order valence-corrected chi connectivity index (χ1v) is 5.27. The molecule has 1 atom stereocenters. The molecule has 1 heterocycles. The topological polar surface area (TPSA) is 69.6 Å². The molecule has 1 aliphatic heterocycles. The van der Waals surface area contributed by atoms with Gasteiger partial charge < -0.3 is 15.3 Å². The highest BCUT2D eigenvalue weighted by Crippen LogP contribution is 2.07. The molecule has 1 fully saturated rings. The number of nitrogens with zero attached hydrogens (tertiary/aromatic N) is 1. The molecule has 0 radical (unpaired) electrons. The average molecular weight is 214 g/mol. The largest absolute Gasteiger partial charge is 0.481 e. The van der Waals surface area contributed by atoms with Crippen molar-refractivity contribution >= 4 is 11.8 Å². The van der Waals surface area contributed by atoms with Crippen molar-refractivity contribution in [2.75, 3.05) is 26.7 Å². The number of carboxylic acid groups (broad SMARTS) is 1. The van der Waals surface area contributed by atoms with E-state index in [0.717, 1.165) is 13.1 Å². The monoisotopic (exact) mass is 214 g/mol. The Labute approximate surface area is 89.4 Å². The van der Waals surface area contributed by atoms with Crippen LogP contribution in [0.25, 0.3) is 0 Å². The van der Waals surface area contributed by atoms with E-state index in [0.29, 0.717) is 19.4 Å². The van der Waals surface area contributed by atoms with Gasteiger partial charge in [0.1, 0.15) is 0 Å². The van der Waals surface area contributed by atoms with Gasteiger partial charge in [-0.05, 0) is 20.0 Å². The first-order chi connectivity index (χ1) is 7.13. The van der Waals surface area contributed by atoms with Gasteiger partial charge in [0.15, 0.2) is 5.78 Å². The maximum atomic E-state index is 11.4. The van der Waals surface area contributed by atoms with Gasteiger partial charge in [0.05, 0.1) is 6.04 Å². The van der Waals surface area contributed by atoms with Crippen molar-refractivity contribution in [2.24, 2.45) is 0 Å². The van der Waals surface area contributed by atoms with Crippen LogP contribution < -0.4 is 5.32 Å². The number of likely N-dealkylation sites (N-methyl/N-ethyl adjacent to an activating group) is 1. The van der Waals surface area contributed by atoms with Crippen LogP contribution >= 0.6 is 0 Å². The van der Waals surface area contributed by atoms with Crippen molar-refractivity contribution in [2.45, 2.75) is 25.3 Å². The van der Waals surface area contributed by atoms with Crippen LogP contribution in [0, 0.1) is 0 Å². The molecule has 1 saturated heterocycles. The summed E-state index contributed by atoms with van der Waals surface area (Å²) in [5.41, 5.74) is 0. The van der Waals surface area contributed by atoms with Crippen LogP contribution in [0.1, 0.15) is 19.3 Å². The summed E-state index contributed by atoms with van der Waals surface area (Å²) in [5.74, 6) is -0.500. The number of carboxylic acids is 1. The number of aliphatic carboxylic acids is 1. The van der Waals surface area contributed by atoms with Gasteiger partial charge in [0.25, 0.3) is 0 Å². The minimum atomic E-state index is -0.756. The van der Waals surface area contributed by atoms with Crippen molar-refractivity contribution in [1.82, 2.24) is 10.2 Å². The lowest BCUT2D eigenvalue weighted by molar-refractivity contribution is -0.137. The molecule has 5 heteroatoms. The van der Waals surface area contributed by atoms with Crippen molar-refractivity contribution < 1.29 is 14.7 Å². The fraction of sp³-hybridized carbons (Fsp3) is 0.800. The molecule has 0 aliphatic carbocycles. The molecule has 15 heavy (non-hydrogen) atoms. The van der Waals surface area contributed by atoms with Crippen LogP contribution in [0.4, 0.5) is 0 Å². The molecule has 1 aliphatic rings. The third-order valence-electron chi connectivity index (χ3n) is 2.72. The molecule has 0 saturated carbocycles. The minimum Gasteiger partial charge on any atom is -0.481 e. The third kappa shape index (κ3) is 3.97. The Morgan fingerprint density at radius 3 is 3.00 bits per heavy atom. The summed E-state index contributed by atoms with van der Waals surface area (Å²) in [4.78, 5) is 23.8. The smallest absolute Gasteiger partial charge is 0.303 e. The lowest BCUT2D eigenvalue weighted by Gasteiger charge is -2.31. The fourth-order valence-electron chi connectivity index (χ4n) is 1.80. The average Bonchev–Trinajstić information content (AvgIpc) is 2.20. The van der Waals surface area contributed by atoms with Gasteiger partial charge in [0.2, 0.25) is 0 Å². The van der Waals surface area contributed by atoms with E-state index >= 15 is 0 Å². The summed E-state index contributed by atoms with van der Waals surface area (Å²) in [6.45, 7) is 2.23. The number of piperidine rings is 1. The molecule has 0 unspecified atom stereocenters. The molecule has 0 aromatic rings. The molecular weight excluding hydrogens is 196 g/mol. The van der Waals surface area contributed by atoms with Gasteiger partial charge in [-0.3, -0.25) is 9.59 Å². The second-order valence-corrected chi connectivity index (χ2v) is 3.86. The Morgan fingerprint density at radius 1 is 1.67 bits per heavy atom. The van der Waals surface area contributed by atoms with E-state index < -0.39 is 5.97 Å². The molecule has 0 aromatic carbocycles. The zero-order valence-electron chi connectivity index (χ0n) is 9.03. The summed E-state index contributed by atoms with van der Waals surface area (Å²) in [5, 5.41) is 11.5.